The summed E-state index contributed by atoms with van der Waals surface area (Å²) in [5.41, 5.74) is 0. The molecule has 0 rings (SSSR count). The van der Waals surface area contributed by atoms with Gasteiger partial charge in [0.05, 0.1) is 13.2 Å². The van der Waals surface area contributed by atoms with Gasteiger partial charge < -0.3 is 20.1 Å². The van der Waals surface area contributed by atoms with Crippen molar-refractivity contribution < 1.29 is 37.9 Å². The highest BCUT2D eigenvalue weighted by molar-refractivity contribution is 7.47. The van der Waals surface area contributed by atoms with Crippen molar-refractivity contribution in [1.82, 2.24) is 5.32 Å². The topological polar surface area (TPSA) is 131 Å². The molecule has 0 saturated carbocycles. The van der Waals surface area contributed by atoms with Gasteiger partial charge >= 0.3 is 13.8 Å². The summed E-state index contributed by atoms with van der Waals surface area (Å²) in [6, 6.07) is 0. The number of aliphatic hydroxyl groups excluding tert-OH is 1. The number of nitrogens with one attached hydrogen (secondary N) is 1. The Kier molecular flexibility index (Phi) is 27.1. The number of rotatable bonds is 28. The summed E-state index contributed by atoms with van der Waals surface area (Å²) in [7, 11) is -4.36. The number of phosphoric acid groups is 1. The maximum atomic E-state index is 11.8. The number of unbranched alkanes of at least 4 members (excludes halogenated alkanes) is 11. The molecule has 1 amide bonds. The molecule has 238 valence electrons. The lowest BCUT2D eigenvalue weighted by atomic mass is 10.1. The second-order valence-corrected chi connectivity index (χ2v) is 11.6. The van der Waals surface area contributed by atoms with Crippen LogP contribution in [0.15, 0.2) is 36.5 Å². The van der Waals surface area contributed by atoms with Gasteiger partial charge in [-0.2, -0.15) is 0 Å². The number of aliphatic hydroxyl groups is 1. The molecule has 0 saturated heterocycles. The third kappa shape index (κ3) is 31.0. The van der Waals surface area contributed by atoms with E-state index in [9.17, 15) is 24.2 Å². The molecule has 10 heteroatoms. The fraction of sp³-hybridized carbons (Fsp3) is 0.742. The van der Waals surface area contributed by atoms with Crippen LogP contribution >= 0.6 is 7.82 Å². The van der Waals surface area contributed by atoms with Crippen LogP contribution in [0.3, 0.4) is 0 Å². The van der Waals surface area contributed by atoms with Crippen LogP contribution in [0.5, 0.6) is 0 Å². The molecule has 0 bridgehead atoms. The van der Waals surface area contributed by atoms with E-state index in [-0.39, 0.29) is 32.1 Å². The van der Waals surface area contributed by atoms with Crippen molar-refractivity contribution in [2.45, 2.75) is 123 Å². The fourth-order valence-electron chi connectivity index (χ4n) is 3.80. The van der Waals surface area contributed by atoms with E-state index in [0.717, 1.165) is 44.9 Å². The summed E-state index contributed by atoms with van der Waals surface area (Å²) in [6.45, 7) is 2.53. The molecule has 2 unspecified atom stereocenters. The lowest BCUT2D eigenvalue weighted by Crippen LogP contribution is -2.25. The quantitative estimate of drug-likeness (QED) is 0.0375. The predicted molar refractivity (Wildman–Crippen MR) is 164 cm³/mol. The van der Waals surface area contributed by atoms with Crippen LogP contribution in [-0.4, -0.2) is 54.3 Å². The molecule has 3 N–H and O–H groups in total. The van der Waals surface area contributed by atoms with Gasteiger partial charge in [0.15, 0.2) is 0 Å². The zero-order valence-electron chi connectivity index (χ0n) is 25.5. The van der Waals surface area contributed by atoms with Crippen molar-refractivity contribution in [3.63, 3.8) is 0 Å². The molecule has 0 heterocycles. The molecule has 0 aliphatic heterocycles. The number of phosphoric ester groups is 1. The van der Waals surface area contributed by atoms with Crippen LogP contribution in [0.25, 0.3) is 0 Å². The summed E-state index contributed by atoms with van der Waals surface area (Å²) in [5.74, 6) is -0.707. The molecule has 0 aromatic carbocycles. The first-order chi connectivity index (χ1) is 19.8. The molecule has 0 aliphatic rings. The highest BCUT2D eigenvalue weighted by Crippen LogP contribution is 2.42. The van der Waals surface area contributed by atoms with Crippen molar-refractivity contribution in [2.75, 3.05) is 26.4 Å². The number of allylic oxidation sites excluding steroid dienone is 6. The SMILES string of the molecule is CCCCC/C=C\C/C=C\C/C=C\CCCCCCCCCCC(=O)OCC(O)COP(=O)(O)OCCNC(C)=O. The number of esters is 1. The molecule has 0 aromatic heterocycles. The molecular weight excluding hydrogens is 545 g/mol. The lowest BCUT2D eigenvalue weighted by molar-refractivity contribution is -0.147. The number of ether oxygens (including phenoxy) is 1. The zero-order valence-corrected chi connectivity index (χ0v) is 26.4. The number of amides is 1. The van der Waals surface area contributed by atoms with Gasteiger partial charge in [-0.15, -0.1) is 0 Å². The van der Waals surface area contributed by atoms with Gasteiger partial charge in [0.2, 0.25) is 5.91 Å². The predicted octanol–water partition coefficient (Wildman–Crippen LogP) is 7.09. The average molecular weight is 602 g/mol. The number of carbonyl (C=O) groups excluding carboxylic acids is 2. The molecule has 0 fully saturated rings. The van der Waals surface area contributed by atoms with E-state index in [4.69, 9.17) is 4.74 Å². The minimum absolute atomic E-state index is 0.0533. The summed E-state index contributed by atoms with van der Waals surface area (Å²) in [5, 5.41) is 12.2. The summed E-state index contributed by atoms with van der Waals surface area (Å²) < 4.78 is 26.0. The summed E-state index contributed by atoms with van der Waals surface area (Å²) in [6.07, 6.45) is 29.7. The molecule has 41 heavy (non-hydrogen) atoms. The minimum Gasteiger partial charge on any atom is -0.463 e. The zero-order chi connectivity index (χ0) is 30.4. The molecule has 0 radical (unpaired) electrons. The van der Waals surface area contributed by atoms with Gasteiger partial charge in [0.1, 0.15) is 12.7 Å². The lowest BCUT2D eigenvalue weighted by Gasteiger charge is -2.15. The Morgan fingerprint density at radius 3 is 1.90 bits per heavy atom. The number of carbonyl (C=O) groups is 2. The first kappa shape index (κ1) is 39.2. The van der Waals surface area contributed by atoms with Crippen LogP contribution in [0, 0.1) is 0 Å². The normalized spacial score (nSPS) is 14.1. The monoisotopic (exact) mass is 601 g/mol. The van der Waals surface area contributed by atoms with Gasteiger partial charge in [-0.25, -0.2) is 4.57 Å². The van der Waals surface area contributed by atoms with Crippen LogP contribution < -0.4 is 5.32 Å². The molecule has 0 aliphatic carbocycles. The smallest absolute Gasteiger partial charge is 0.463 e. The van der Waals surface area contributed by atoms with Gasteiger partial charge in [-0.05, 0) is 44.9 Å². The Morgan fingerprint density at radius 2 is 1.32 bits per heavy atom. The Labute approximate surface area is 248 Å². The van der Waals surface area contributed by atoms with E-state index in [1.54, 1.807) is 0 Å². The second-order valence-electron chi connectivity index (χ2n) is 10.2. The van der Waals surface area contributed by atoms with Crippen LogP contribution in [0.4, 0.5) is 0 Å². The summed E-state index contributed by atoms with van der Waals surface area (Å²) >= 11 is 0. The standard InChI is InChI=1S/C31H56NO8P/c1-3-4-5-6-7-8-9-10-11-12-13-14-15-16-17-18-19-20-21-22-23-24-31(35)38-27-30(34)28-40-41(36,37)39-26-25-32-29(2)33/h7-8,10-11,13-14,30,34H,3-6,9,12,15-28H2,1-2H3,(H,32,33)(H,36,37)/b8-7-,11-10-,14-13-. The van der Waals surface area contributed by atoms with Crippen LogP contribution in [0.1, 0.15) is 117 Å². The molecule has 0 aromatic rings. The maximum Gasteiger partial charge on any atom is 0.472 e. The largest absolute Gasteiger partial charge is 0.472 e. The third-order valence-corrected chi connectivity index (χ3v) is 7.10. The molecular formula is C31H56NO8P. The Morgan fingerprint density at radius 1 is 0.780 bits per heavy atom. The minimum atomic E-state index is -4.36. The van der Waals surface area contributed by atoms with Crippen molar-refractivity contribution in [3.05, 3.63) is 36.5 Å². The van der Waals surface area contributed by atoms with Gasteiger partial charge in [0, 0.05) is 19.9 Å². The third-order valence-electron chi connectivity index (χ3n) is 6.12. The highest BCUT2D eigenvalue weighted by atomic mass is 31.2. The Balaban J connectivity index is 3.53. The number of hydrogen-bond donors (Lipinski definition) is 3. The van der Waals surface area contributed by atoms with E-state index >= 15 is 0 Å². The van der Waals surface area contributed by atoms with Crippen LogP contribution in [-0.2, 0) is 27.9 Å². The molecule has 2 atom stereocenters. The Bertz CT molecular complexity index is 784. The van der Waals surface area contributed by atoms with Crippen LogP contribution in [0.2, 0.25) is 0 Å². The van der Waals surface area contributed by atoms with Crippen molar-refractivity contribution in [2.24, 2.45) is 0 Å². The van der Waals surface area contributed by atoms with E-state index < -0.39 is 26.5 Å². The summed E-state index contributed by atoms with van der Waals surface area (Å²) in [4.78, 5) is 32.1. The first-order valence-electron chi connectivity index (χ1n) is 15.4. The second kappa shape index (κ2) is 28.4. The van der Waals surface area contributed by atoms with E-state index in [1.165, 1.54) is 58.3 Å². The van der Waals surface area contributed by atoms with E-state index in [0.29, 0.717) is 0 Å². The van der Waals surface area contributed by atoms with Crippen molar-refractivity contribution >= 4 is 19.7 Å². The number of hydrogen-bond acceptors (Lipinski definition) is 7. The van der Waals surface area contributed by atoms with Crippen molar-refractivity contribution in [3.8, 4) is 0 Å². The van der Waals surface area contributed by atoms with Gasteiger partial charge in [0.25, 0.3) is 0 Å². The molecule has 9 nitrogen and oxygen atoms in total. The maximum absolute atomic E-state index is 11.8. The fourth-order valence-corrected chi connectivity index (χ4v) is 4.55. The first-order valence-corrected chi connectivity index (χ1v) is 16.9. The average Bonchev–Trinajstić information content (AvgIpc) is 2.94. The molecule has 0 spiro atoms. The van der Waals surface area contributed by atoms with Gasteiger partial charge in [-0.1, -0.05) is 94.7 Å². The van der Waals surface area contributed by atoms with Crippen molar-refractivity contribution in [1.29, 1.82) is 0 Å². The van der Waals surface area contributed by atoms with Gasteiger partial charge in [-0.3, -0.25) is 18.6 Å². The Hall–Kier alpha value is -1.77. The van der Waals surface area contributed by atoms with E-state index in [2.05, 4.69) is 57.7 Å². The highest BCUT2D eigenvalue weighted by Gasteiger charge is 2.23. The van der Waals surface area contributed by atoms with E-state index in [1.807, 2.05) is 0 Å².